The van der Waals surface area contributed by atoms with Gasteiger partial charge in [-0.05, 0) is 35.9 Å². The van der Waals surface area contributed by atoms with Crippen molar-refractivity contribution in [1.29, 1.82) is 0 Å². The summed E-state index contributed by atoms with van der Waals surface area (Å²) in [5, 5.41) is 6.66. The third-order valence-corrected chi connectivity index (χ3v) is 4.97. The van der Waals surface area contributed by atoms with Gasteiger partial charge in [-0.3, -0.25) is 4.79 Å². The third kappa shape index (κ3) is 3.46. The SMILES string of the molecule is O=C1Nc2cc(-n3cnc(Cl)c3)ccc2Nc2nc(Cc3ccccc3)ccc21. The topological polar surface area (TPSA) is 71.8 Å². The van der Waals surface area contributed by atoms with Crippen LogP contribution in [0, 0.1) is 0 Å². The molecule has 5 rings (SSSR count). The van der Waals surface area contributed by atoms with Crippen molar-refractivity contribution >= 4 is 34.7 Å². The van der Waals surface area contributed by atoms with Crippen molar-refractivity contribution in [3.63, 3.8) is 0 Å². The van der Waals surface area contributed by atoms with Gasteiger partial charge in [-0.15, -0.1) is 0 Å². The Morgan fingerprint density at radius 2 is 1.83 bits per heavy atom. The Bertz CT molecular complexity index is 1220. The van der Waals surface area contributed by atoms with E-state index < -0.39 is 0 Å². The fourth-order valence-electron chi connectivity index (χ4n) is 3.34. The maximum absolute atomic E-state index is 12.8. The highest BCUT2D eigenvalue weighted by molar-refractivity contribution is 6.29. The van der Waals surface area contributed by atoms with Crippen molar-refractivity contribution in [3.8, 4) is 5.69 Å². The largest absolute Gasteiger partial charge is 0.338 e. The molecule has 2 aromatic heterocycles. The second-order valence-corrected chi connectivity index (χ2v) is 7.16. The van der Waals surface area contributed by atoms with Crippen molar-refractivity contribution in [2.45, 2.75) is 6.42 Å². The van der Waals surface area contributed by atoms with E-state index in [-0.39, 0.29) is 5.91 Å². The van der Waals surface area contributed by atoms with Crippen LogP contribution in [0.15, 0.2) is 73.2 Å². The minimum atomic E-state index is -0.203. The summed E-state index contributed by atoms with van der Waals surface area (Å²) in [4.78, 5) is 21.5. The molecule has 0 aliphatic carbocycles. The van der Waals surface area contributed by atoms with Crippen LogP contribution < -0.4 is 10.6 Å². The summed E-state index contributed by atoms with van der Waals surface area (Å²) in [5.74, 6) is 0.346. The van der Waals surface area contributed by atoms with E-state index in [0.29, 0.717) is 28.6 Å². The van der Waals surface area contributed by atoms with Crippen LogP contribution in [0.3, 0.4) is 0 Å². The van der Waals surface area contributed by atoms with Crippen molar-refractivity contribution in [1.82, 2.24) is 14.5 Å². The highest BCUT2D eigenvalue weighted by Crippen LogP contribution is 2.33. The Kier molecular flexibility index (Phi) is 4.26. The predicted octanol–water partition coefficient (Wildman–Crippen LogP) is 4.82. The molecule has 0 radical (unpaired) electrons. The standard InChI is InChI=1S/C22H16ClN5O/c23-20-12-28(13-24-20)16-7-9-18-19(11-16)27-22(29)17-8-6-15(25-21(17)26-18)10-14-4-2-1-3-5-14/h1-9,11-13H,10H2,(H,25,26)(H,27,29). The lowest BCUT2D eigenvalue weighted by atomic mass is 10.1. The number of anilines is 3. The monoisotopic (exact) mass is 401 g/mol. The zero-order valence-corrected chi connectivity index (χ0v) is 16.0. The average Bonchev–Trinajstić information content (AvgIpc) is 3.10. The van der Waals surface area contributed by atoms with Gasteiger partial charge in [0, 0.05) is 24.0 Å². The second-order valence-electron chi connectivity index (χ2n) is 6.77. The summed E-state index contributed by atoms with van der Waals surface area (Å²) in [6.07, 6.45) is 4.04. The molecule has 29 heavy (non-hydrogen) atoms. The molecule has 4 aromatic rings. The molecule has 0 saturated heterocycles. The number of nitrogens with one attached hydrogen (secondary N) is 2. The van der Waals surface area contributed by atoms with Gasteiger partial charge in [0.15, 0.2) is 0 Å². The number of carbonyl (C=O) groups excluding carboxylic acids is 1. The molecule has 0 atom stereocenters. The average molecular weight is 402 g/mol. The maximum atomic E-state index is 12.8. The lowest BCUT2D eigenvalue weighted by Gasteiger charge is -2.11. The van der Waals surface area contributed by atoms with E-state index in [0.717, 1.165) is 17.1 Å². The van der Waals surface area contributed by atoms with Crippen molar-refractivity contribution < 1.29 is 4.79 Å². The van der Waals surface area contributed by atoms with Crippen LogP contribution in [0.4, 0.5) is 17.2 Å². The minimum absolute atomic E-state index is 0.203. The van der Waals surface area contributed by atoms with Gasteiger partial charge < -0.3 is 15.2 Å². The van der Waals surface area contributed by atoms with Crippen LogP contribution >= 0.6 is 11.6 Å². The number of hydrogen-bond donors (Lipinski definition) is 2. The third-order valence-electron chi connectivity index (χ3n) is 4.78. The first kappa shape index (κ1) is 17.5. The number of carbonyl (C=O) groups is 1. The first-order valence-corrected chi connectivity index (χ1v) is 9.50. The van der Waals surface area contributed by atoms with Gasteiger partial charge in [0.05, 0.1) is 16.9 Å². The molecular formula is C22H16ClN5O. The fraction of sp³-hybridized carbons (Fsp3) is 0.0455. The van der Waals surface area contributed by atoms with Crippen LogP contribution in [0.2, 0.25) is 5.15 Å². The summed E-state index contributed by atoms with van der Waals surface area (Å²) >= 11 is 5.91. The molecule has 1 aliphatic heterocycles. The molecular weight excluding hydrogens is 386 g/mol. The Hall–Kier alpha value is -3.64. The maximum Gasteiger partial charge on any atom is 0.259 e. The van der Waals surface area contributed by atoms with E-state index in [4.69, 9.17) is 16.6 Å². The van der Waals surface area contributed by atoms with Gasteiger partial charge in [0.1, 0.15) is 17.3 Å². The summed E-state index contributed by atoms with van der Waals surface area (Å²) in [6.45, 7) is 0. The van der Waals surface area contributed by atoms with E-state index in [1.54, 1.807) is 17.1 Å². The number of nitrogens with zero attached hydrogens (tertiary/aromatic N) is 3. The smallest absolute Gasteiger partial charge is 0.259 e. The van der Waals surface area contributed by atoms with Crippen molar-refractivity contribution in [2.24, 2.45) is 0 Å². The van der Waals surface area contributed by atoms with E-state index in [1.807, 2.05) is 48.5 Å². The predicted molar refractivity (Wildman–Crippen MR) is 113 cm³/mol. The molecule has 0 unspecified atom stereocenters. The van der Waals surface area contributed by atoms with Crippen LogP contribution in [-0.2, 0) is 6.42 Å². The van der Waals surface area contributed by atoms with E-state index >= 15 is 0 Å². The first-order chi connectivity index (χ1) is 14.2. The van der Waals surface area contributed by atoms with Gasteiger partial charge in [-0.1, -0.05) is 41.9 Å². The number of aromatic nitrogens is 3. The molecule has 1 amide bonds. The van der Waals surface area contributed by atoms with E-state index in [1.165, 1.54) is 5.56 Å². The Labute approximate surface area is 172 Å². The van der Waals surface area contributed by atoms with Crippen LogP contribution in [0.1, 0.15) is 21.6 Å². The Morgan fingerprint density at radius 1 is 0.966 bits per heavy atom. The lowest BCUT2D eigenvalue weighted by molar-refractivity contribution is 0.102. The zero-order chi connectivity index (χ0) is 19.8. The van der Waals surface area contributed by atoms with Gasteiger partial charge in [-0.25, -0.2) is 9.97 Å². The molecule has 142 valence electrons. The number of rotatable bonds is 3. The van der Waals surface area contributed by atoms with Crippen molar-refractivity contribution in [2.75, 3.05) is 10.6 Å². The molecule has 7 heteroatoms. The molecule has 1 aliphatic rings. The number of pyridine rings is 1. The molecule has 2 aromatic carbocycles. The normalized spacial score (nSPS) is 12.4. The second kappa shape index (κ2) is 7.07. The summed E-state index contributed by atoms with van der Waals surface area (Å²) < 4.78 is 1.79. The molecule has 3 heterocycles. The Morgan fingerprint density at radius 3 is 2.62 bits per heavy atom. The summed E-state index contributed by atoms with van der Waals surface area (Å²) in [5.41, 5.74) is 4.85. The summed E-state index contributed by atoms with van der Waals surface area (Å²) in [7, 11) is 0. The van der Waals surface area contributed by atoms with Crippen LogP contribution in [0.25, 0.3) is 5.69 Å². The molecule has 0 fully saturated rings. The van der Waals surface area contributed by atoms with Gasteiger partial charge in [0.2, 0.25) is 0 Å². The molecule has 0 bridgehead atoms. The first-order valence-electron chi connectivity index (χ1n) is 9.12. The number of halogens is 1. The molecule has 2 N–H and O–H groups in total. The van der Waals surface area contributed by atoms with E-state index in [9.17, 15) is 4.79 Å². The molecule has 0 saturated carbocycles. The Balaban J connectivity index is 1.49. The molecule has 6 nitrogen and oxygen atoms in total. The number of hydrogen-bond acceptors (Lipinski definition) is 4. The van der Waals surface area contributed by atoms with Crippen LogP contribution in [-0.4, -0.2) is 20.4 Å². The number of benzene rings is 2. The number of amides is 1. The summed E-state index contributed by atoms with van der Waals surface area (Å²) in [6, 6.07) is 19.5. The molecule has 0 spiro atoms. The van der Waals surface area contributed by atoms with Gasteiger partial charge in [-0.2, -0.15) is 0 Å². The highest BCUT2D eigenvalue weighted by atomic mass is 35.5. The quantitative estimate of drug-likeness (QED) is 0.516. The minimum Gasteiger partial charge on any atom is -0.338 e. The lowest BCUT2D eigenvalue weighted by Crippen LogP contribution is -2.12. The number of imidazole rings is 1. The highest BCUT2D eigenvalue weighted by Gasteiger charge is 2.21. The van der Waals surface area contributed by atoms with Gasteiger partial charge in [0.25, 0.3) is 5.91 Å². The fourth-order valence-corrected chi connectivity index (χ4v) is 3.49. The van der Waals surface area contributed by atoms with Gasteiger partial charge >= 0.3 is 0 Å². The van der Waals surface area contributed by atoms with E-state index in [2.05, 4.69) is 27.8 Å². The van der Waals surface area contributed by atoms with Crippen LogP contribution in [0.5, 0.6) is 0 Å². The zero-order valence-electron chi connectivity index (χ0n) is 15.3. The van der Waals surface area contributed by atoms with Crippen molar-refractivity contribution in [3.05, 3.63) is 95.2 Å². The number of fused-ring (bicyclic) bond motifs is 2.